The molecule has 0 spiro atoms. The second kappa shape index (κ2) is 9.05. The van der Waals surface area contributed by atoms with Gasteiger partial charge >= 0.3 is 0 Å². The molecule has 1 aliphatic rings. The Morgan fingerprint density at radius 1 is 1.03 bits per heavy atom. The van der Waals surface area contributed by atoms with E-state index < -0.39 is 0 Å². The maximum atomic E-state index is 13.0. The summed E-state index contributed by atoms with van der Waals surface area (Å²) < 4.78 is 0. The summed E-state index contributed by atoms with van der Waals surface area (Å²) >= 11 is 0. The molecule has 1 aliphatic carbocycles. The van der Waals surface area contributed by atoms with Gasteiger partial charge in [-0.1, -0.05) is 86.7 Å². The predicted molar refractivity (Wildman–Crippen MR) is 118 cm³/mol. The second-order valence-electron chi connectivity index (χ2n) is 8.30. The molecule has 0 saturated heterocycles. The van der Waals surface area contributed by atoms with Crippen LogP contribution in [0, 0.1) is 23.2 Å². The molecule has 0 aromatic heterocycles. The molecule has 0 radical (unpaired) electrons. The fourth-order valence-electron chi connectivity index (χ4n) is 4.51. The Kier molecular flexibility index (Phi) is 6.49. The summed E-state index contributed by atoms with van der Waals surface area (Å²) in [7, 11) is 0. The van der Waals surface area contributed by atoms with Crippen LogP contribution in [0.4, 0.5) is 0 Å². The monoisotopic (exact) mass is 383 g/mol. The average molecular weight is 384 g/mol. The number of benzene rings is 2. The Labute approximate surface area is 174 Å². The van der Waals surface area contributed by atoms with Gasteiger partial charge in [0, 0.05) is 17.4 Å². The zero-order valence-corrected chi connectivity index (χ0v) is 17.6. The lowest BCUT2D eigenvalue weighted by Crippen LogP contribution is -2.26. The molecular weight excluding hydrogens is 354 g/mol. The van der Waals surface area contributed by atoms with Gasteiger partial charge in [-0.2, -0.15) is 5.26 Å². The molecule has 0 heterocycles. The zero-order chi connectivity index (χ0) is 21.0. The third-order valence-electron chi connectivity index (χ3n) is 6.28. The molecule has 0 aliphatic heterocycles. The van der Waals surface area contributed by atoms with Crippen molar-refractivity contribution < 1.29 is 4.79 Å². The second-order valence-corrected chi connectivity index (χ2v) is 8.30. The van der Waals surface area contributed by atoms with Crippen LogP contribution in [-0.4, -0.2) is 5.78 Å². The Morgan fingerprint density at radius 3 is 2.14 bits per heavy atom. The van der Waals surface area contributed by atoms with Crippen LogP contribution in [0.5, 0.6) is 0 Å². The van der Waals surface area contributed by atoms with Crippen molar-refractivity contribution in [3.63, 3.8) is 0 Å². The lowest BCUT2D eigenvalue weighted by atomic mass is 9.72. The molecule has 2 nitrogen and oxygen atoms in total. The Morgan fingerprint density at radius 2 is 1.59 bits per heavy atom. The Hall–Kier alpha value is -2.92. The quantitative estimate of drug-likeness (QED) is 0.565. The first-order valence-corrected chi connectivity index (χ1v) is 10.4. The number of hydrogen-bond acceptors (Lipinski definition) is 2. The molecule has 2 aromatic carbocycles. The number of nitriles is 1. The number of carbonyl (C=O) groups is 1. The molecule has 3 rings (SSSR count). The number of ketones is 1. The highest BCUT2D eigenvalue weighted by atomic mass is 16.1. The van der Waals surface area contributed by atoms with Gasteiger partial charge in [0.15, 0.2) is 5.78 Å². The molecule has 0 N–H and O–H groups in total. The number of rotatable bonds is 6. The van der Waals surface area contributed by atoms with Gasteiger partial charge in [0.2, 0.25) is 0 Å². The van der Waals surface area contributed by atoms with Crippen LogP contribution in [0.1, 0.15) is 56.6 Å². The summed E-state index contributed by atoms with van der Waals surface area (Å²) in [6, 6.07) is 22.6. The smallest absolute Gasteiger partial charge is 0.165 e. The van der Waals surface area contributed by atoms with Gasteiger partial charge < -0.3 is 0 Å². The van der Waals surface area contributed by atoms with Crippen molar-refractivity contribution >= 4 is 5.78 Å². The zero-order valence-electron chi connectivity index (χ0n) is 17.6. The summed E-state index contributed by atoms with van der Waals surface area (Å²) in [4.78, 5) is 13.0. The number of Topliss-reactive ketones (excluding diaryl/α,β-unsaturated/α-hetero) is 1. The highest BCUT2D eigenvalue weighted by molar-refractivity contribution is 6.02. The van der Waals surface area contributed by atoms with Crippen LogP contribution in [0.3, 0.4) is 0 Å². The van der Waals surface area contributed by atoms with E-state index in [1.165, 1.54) is 0 Å². The van der Waals surface area contributed by atoms with Crippen LogP contribution >= 0.6 is 0 Å². The molecule has 0 fully saturated rings. The van der Waals surface area contributed by atoms with E-state index in [1.807, 2.05) is 55.5 Å². The number of allylic oxidation sites excluding steroid dienone is 3. The Bertz CT molecular complexity index is 949. The molecular formula is C27H29NO. The van der Waals surface area contributed by atoms with Gasteiger partial charge in [0.25, 0.3) is 0 Å². The highest BCUT2D eigenvalue weighted by Gasteiger charge is 2.33. The topological polar surface area (TPSA) is 40.9 Å². The summed E-state index contributed by atoms with van der Waals surface area (Å²) in [5, 5.41) is 10.1. The van der Waals surface area contributed by atoms with E-state index in [0.717, 1.165) is 34.3 Å². The molecule has 4 atom stereocenters. The van der Waals surface area contributed by atoms with E-state index in [2.05, 4.69) is 38.6 Å². The van der Waals surface area contributed by atoms with Crippen molar-refractivity contribution in [2.45, 2.75) is 45.4 Å². The SMILES string of the molecule is C=C(CC(c1ccccc1)C(C#N)c1ccccc1)C1=C(C)C(C)CC(C)C1=O. The van der Waals surface area contributed by atoms with Crippen LogP contribution in [-0.2, 0) is 4.79 Å². The average Bonchev–Trinajstić information content (AvgIpc) is 2.74. The van der Waals surface area contributed by atoms with E-state index in [0.29, 0.717) is 12.3 Å². The molecule has 148 valence electrons. The van der Waals surface area contributed by atoms with E-state index in [1.54, 1.807) is 0 Å². The van der Waals surface area contributed by atoms with Crippen molar-refractivity contribution in [2.75, 3.05) is 0 Å². The van der Waals surface area contributed by atoms with Crippen molar-refractivity contribution in [3.8, 4) is 6.07 Å². The molecule has 0 amide bonds. The van der Waals surface area contributed by atoms with Crippen molar-refractivity contribution in [3.05, 3.63) is 95.1 Å². The van der Waals surface area contributed by atoms with Crippen LogP contribution in [0.2, 0.25) is 0 Å². The lowest BCUT2D eigenvalue weighted by molar-refractivity contribution is -0.119. The number of hydrogen-bond donors (Lipinski definition) is 0. The summed E-state index contributed by atoms with van der Waals surface area (Å²) in [6.07, 6.45) is 1.49. The van der Waals surface area contributed by atoms with E-state index in [4.69, 9.17) is 0 Å². The molecule has 4 unspecified atom stereocenters. The first-order chi connectivity index (χ1) is 13.9. The van der Waals surface area contributed by atoms with Gasteiger partial charge in [-0.3, -0.25) is 4.79 Å². The maximum Gasteiger partial charge on any atom is 0.165 e. The third kappa shape index (κ3) is 4.40. The molecule has 2 heteroatoms. The van der Waals surface area contributed by atoms with Gasteiger partial charge in [-0.05, 0) is 42.4 Å². The van der Waals surface area contributed by atoms with Crippen molar-refractivity contribution in [1.82, 2.24) is 0 Å². The van der Waals surface area contributed by atoms with Crippen LogP contribution in [0.15, 0.2) is 84.0 Å². The normalized spacial score (nSPS) is 21.4. The fraction of sp³-hybridized carbons (Fsp3) is 0.333. The number of carbonyl (C=O) groups excluding carboxylic acids is 1. The van der Waals surface area contributed by atoms with E-state index in [9.17, 15) is 10.1 Å². The van der Waals surface area contributed by atoms with E-state index >= 15 is 0 Å². The van der Waals surface area contributed by atoms with Crippen LogP contribution in [0.25, 0.3) is 0 Å². The molecule has 0 saturated carbocycles. The van der Waals surface area contributed by atoms with Crippen LogP contribution < -0.4 is 0 Å². The van der Waals surface area contributed by atoms with E-state index in [-0.39, 0.29) is 23.5 Å². The summed E-state index contributed by atoms with van der Waals surface area (Å²) in [6.45, 7) is 10.6. The van der Waals surface area contributed by atoms with Gasteiger partial charge in [-0.25, -0.2) is 0 Å². The first kappa shape index (κ1) is 20.8. The first-order valence-electron chi connectivity index (χ1n) is 10.4. The minimum absolute atomic E-state index is 0.0245. The highest BCUT2D eigenvalue weighted by Crippen LogP contribution is 2.41. The summed E-state index contributed by atoms with van der Waals surface area (Å²) in [5.41, 5.74) is 4.90. The largest absolute Gasteiger partial charge is 0.294 e. The standard InChI is InChI=1S/C27H29NO/c1-18-15-20(3)27(29)26(21(18)4)19(2)16-24(22-11-7-5-8-12-22)25(17-28)23-13-9-6-10-14-23/h5-14,18,20,24-25H,2,15-16H2,1,3-4H3. The van der Waals surface area contributed by atoms with Gasteiger partial charge in [-0.15, -0.1) is 0 Å². The van der Waals surface area contributed by atoms with Gasteiger partial charge in [0.1, 0.15) is 0 Å². The Balaban J connectivity index is 2.00. The molecule has 0 bridgehead atoms. The fourth-order valence-corrected chi connectivity index (χ4v) is 4.51. The minimum Gasteiger partial charge on any atom is -0.294 e. The third-order valence-corrected chi connectivity index (χ3v) is 6.28. The minimum atomic E-state index is -0.301. The van der Waals surface area contributed by atoms with Crippen molar-refractivity contribution in [2.24, 2.45) is 11.8 Å². The summed E-state index contributed by atoms with van der Waals surface area (Å²) in [5.74, 6) is 0.245. The van der Waals surface area contributed by atoms with Gasteiger partial charge in [0.05, 0.1) is 12.0 Å². The van der Waals surface area contributed by atoms with Crippen molar-refractivity contribution in [1.29, 1.82) is 5.26 Å². The maximum absolute atomic E-state index is 13.0. The molecule has 29 heavy (non-hydrogen) atoms. The molecule has 2 aromatic rings. The predicted octanol–water partition coefficient (Wildman–Crippen LogP) is 6.59. The lowest BCUT2D eigenvalue weighted by Gasteiger charge is -2.30. The number of nitrogens with zero attached hydrogens (tertiary/aromatic N) is 1.